The van der Waals surface area contributed by atoms with Crippen LogP contribution in [-0.4, -0.2) is 0 Å². The second-order valence-electron chi connectivity index (χ2n) is 3.23. The molecule has 1 aromatic carbocycles. The first-order valence-electron chi connectivity index (χ1n) is 3.93. The van der Waals surface area contributed by atoms with E-state index in [2.05, 4.69) is 37.3 Å². The maximum atomic E-state index is 2.32. The van der Waals surface area contributed by atoms with Gasteiger partial charge >= 0.3 is 0 Å². The number of hydrogen-bond donors (Lipinski definition) is 0. The minimum Gasteiger partial charge on any atom is -0.0622 e. The number of rotatable bonds is 1. The van der Waals surface area contributed by atoms with Crippen LogP contribution in [0.15, 0.2) is 30.3 Å². The van der Waals surface area contributed by atoms with Crippen molar-refractivity contribution in [3.63, 3.8) is 0 Å². The van der Waals surface area contributed by atoms with Gasteiger partial charge in [-0.3, -0.25) is 0 Å². The molecular weight excluding hydrogens is 120 g/mol. The van der Waals surface area contributed by atoms with Gasteiger partial charge in [0.1, 0.15) is 0 Å². The average molecular weight is 132 g/mol. The largest absolute Gasteiger partial charge is 0.0622 e. The first-order valence-corrected chi connectivity index (χ1v) is 3.93. The van der Waals surface area contributed by atoms with Gasteiger partial charge in [-0.2, -0.15) is 0 Å². The number of benzene rings is 1. The molecule has 1 unspecified atom stereocenters. The Morgan fingerprint density at radius 3 is 2.30 bits per heavy atom. The maximum Gasteiger partial charge on any atom is -0.0133 e. The Labute approximate surface area is 61.9 Å². The van der Waals surface area contributed by atoms with Crippen LogP contribution in [0.3, 0.4) is 0 Å². The first-order chi connectivity index (χ1) is 4.88. The molecule has 0 N–H and O–H groups in total. The second-order valence-corrected chi connectivity index (χ2v) is 3.23. The van der Waals surface area contributed by atoms with E-state index in [1.807, 2.05) is 0 Å². The van der Waals surface area contributed by atoms with E-state index in [1.165, 1.54) is 12.0 Å². The highest BCUT2D eigenvalue weighted by molar-refractivity contribution is 5.24. The highest BCUT2D eigenvalue weighted by Gasteiger charge is 2.33. The third kappa shape index (κ3) is 0.942. The minimum absolute atomic E-state index is 0.876. The monoisotopic (exact) mass is 132 g/mol. The molecule has 1 aliphatic rings. The van der Waals surface area contributed by atoms with E-state index in [0.717, 1.165) is 11.8 Å². The summed E-state index contributed by atoms with van der Waals surface area (Å²) in [6.07, 6.45) is 1.39. The van der Waals surface area contributed by atoms with Crippen molar-refractivity contribution in [2.75, 3.05) is 0 Å². The molecule has 0 saturated heterocycles. The molecule has 2 atom stereocenters. The molecule has 0 aromatic heterocycles. The third-order valence-corrected chi connectivity index (χ3v) is 2.34. The van der Waals surface area contributed by atoms with Gasteiger partial charge in [-0.15, -0.1) is 0 Å². The van der Waals surface area contributed by atoms with Crippen LogP contribution in [0.1, 0.15) is 24.8 Å². The standard InChI is InChI=1S/C10H12/c1-8-7-10(8)9-5-3-2-4-6-9/h2-6,8,10H,7H2,1H3/t8?,10-/m1/s1. The van der Waals surface area contributed by atoms with Crippen LogP contribution in [0.2, 0.25) is 0 Å². The molecule has 1 aromatic rings. The molecule has 0 heterocycles. The van der Waals surface area contributed by atoms with E-state index in [4.69, 9.17) is 0 Å². The molecule has 52 valence electrons. The normalized spacial score (nSPS) is 30.1. The molecule has 0 heteroatoms. The third-order valence-electron chi connectivity index (χ3n) is 2.34. The summed E-state index contributed by atoms with van der Waals surface area (Å²) in [5.41, 5.74) is 1.52. The maximum absolute atomic E-state index is 2.32. The average Bonchev–Trinajstić information content (AvgIpc) is 2.69. The lowest BCUT2D eigenvalue weighted by molar-refractivity contribution is 0.915. The predicted octanol–water partition coefficient (Wildman–Crippen LogP) is 2.81. The molecule has 1 aliphatic carbocycles. The lowest BCUT2D eigenvalue weighted by atomic mass is 10.1. The van der Waals surface area contributed by atoms with E-state index >= 15 is 0 Å². The highest BCUT2D eigenvalue weighted by Crippen LogP contribution is 2.46. The smallest absolute Gasteiger partial charge is 0.0133 e. The van der Waals surface area contributed by atoms with Gasteiger partial charge in [0.15, 0.2) is 0 Å². The molecule has 1 fully saturated rings. The quantitative estimate of drug-likeness (QED) is 0.551. The Balaban J connectivity index is 2.20. The summed E-state index contributed by atoms with van der Waals surface area (Å²) < 4.78 is 0. The molecule has 0 bridgehead atoms. The van der Waals surface area contributed by atoms with Gasteiger partial charge in [0.2, 0.25) is 0 Å². The Morgan fingerprint density at radius 1 is 1.20 bits per heavy atom. The van der Waals surface area contributed by atoms with Gasteiger partial charge in [-0.1, -0.05) is 37.3 Å². The van der Waals surface area contributed by atoms with Crippen molar-refractivity contribution in [3.05, 3.63) is 35.9 Å². The summed E-state index contributed by atoms with van der Waals surface area (Å²) in [4.78, 5) is 0. The van der Waals surface area contributed by atoms with E-state index in [-0.39, 0.29) is 0 Å². The molecule has 0 aliphatic heterocycles. The van der Waals surface area contributed by atoms with E-state index in [0.29, 0.717) is 0 Å². The van der Waals surface area contributed by atoms with Crippen LogP contribution in [0.4, 0.5) is 0 Å². The minimum atomic E-state index is 0.876. The molecule has 1 saturated carbocycles. The van der Waals surface area contributed by atoms with Crippen LogP contribution in [0.25, 0.3) is 0 Å². The summed E-state index contributed by atoms with van der Waals surface area (Å²) in [5, 5.41) is 0. The molecule has 10 heavy (non-hydrogen) atoms. The topological polar surface area (TPSA) is 0 Å². The second kappa shape index (κ2) is 2.12. The van der Waals surface area contributed by atoms with Crippen molar-refractivity contribution in [2.24, 2.45) is 5.92 Å². The van der Waals surface area contributed by atoms with Crippen LogP contribution >= 0.6 is 0 Å². The predicted molar refractivity (Wildman–Crippen MR) is 43.0 cm³/mol. The highest BCUT2D eigenvalue weighted by atomic mass is 14.4. The Kier molecular flexibility index (Phi) is 1.26. The fourth-order valence-electron chi connectivity index (χ4n) is 1.49. The van der Waals surface area contributed by atoms with Gasteiger partial charge in [0, 0.05) is 0 Å². The lowest BCUT2D eigenvalue weighted by Gasteiger charge is -1.94. The van der Waals surface area contributed by atoms with Gasteiger partial charge in [0.25, 0.3) is 0 Å². The van der Waals surface area contributed by atoms with Gasteiger partial charge in [-0.25, -0.2) is 0 Å². The SMILES string of the molecule is CC1C[C@H]1c1ccccc1. The summed E-state index contributed by atoms with van der Waals surface area (Å²) in [6.45, 7) is 2.32. The van der Waals surface area contributed by atoms with Crippen LogP contribution < -0.4 is 0 Å². The Hall–Kier alpha value is -0.780. The molecular formula is C10H12. The fourth-order valence-corrected chi connectivity index (χ4v) is 1.49. The zero-order valence-corrected chi connectivity index (χ0v) is 6.25. The zero-order chi connectivity index (χ0) is 6.97. The Morgan fingerprint density at radius 2 is 1.80 bits per heavy atom. The van der Waals surface area contributed by atoms with E-state index < -0.39 is 0 Å². The molecule has 0 amide bonds. The van der Waals surface area contributed by atoms with Crippen molar-refractivity contribution in [2.45, 2.75) is 19.3 Å². The molecule has 2 rings (SSSR count). The lowest BCUT2D eigenvalue weighted by Crippen LogP contribution is -1.77. The van der Waals surface area contributed by atoms with Crippen molar-refractivity contribution in [1.29, 1.82) is 0 Å². The Bertz CT molecular complexity index is 213. The zero-order valence-electron chi connectivity index (χ0n) is 6.25. The van der Waals surface area contributed by atoms with Crippen LogP contribution in [0.5, 0.6) is 0 Å². The summed E-state index contributed by atoms with van der Waals surface area (Å²) >= 11 is 0. The first kappa shape index (κ1) is 5.96. The summed E-state index contributed by atoms with van der Waals surface area (Å²) in [6, 6.07) is 10.8. The van der Waals surface area contributed by atoms with E-state index in [9.17, 15) is 0 Å². The number of hydrogen-bond acceptors (Lipinski definition) is 0. The van der Waals surface area contributed by atoms with Crippen molar-refractivity contribution in [1.82, 2.24) is 0 Å². The molecule has 0 radical (unpaired) electrons. The van der Waals surface area contributed by atoms with Gasteiger partial charge in [0.05, 0.1) is 0 Å². The van der Waals surface area contributed by atoms with Crippen molar-refractivity contribution in [3.8, 4) is 0 Å². The molecule has 0 nitrogen and oxygen atoms in total. The summed E-state index contributed by atoms with van der Waals surface area (Å²) in [7, 11) is 0. The van der Waals surface area contributed by atoms with Crippen molar-refractivity contribution >= 4 is 0 Å². The van der Waals surface area contributed by atoms with E-state index in [1.54, 1.807) is 0 Å². The van der Waals surface area contributed by atoms with Gasteiger partial charge in [-0.05, 0) is 23.8 Å². The molecule has 0 spiro atoms. The van der Waals surface area contributed by atoms with Crippen molar-refractivity contribution < 1.29 is 0 Å². The van der Waals surface area contributed by atoms with Gasteiger partial charge < -0.3 is 0 Å². The summed E-state index contributed by atoms with van der Waals surface area (Å²) in [5.74, 6) is 1.81. The van der Waals surface area contributed by atoms with Crippen LogP contribution in [-0.2, 0) is 0 Å². The fraction of sp³-hybridized carbons (Fsp3) is 0.400. The van der Waals surface area contributed by atoms with Crippen LogP contribution in [0, 0.1) is 5.92 Å².